The maximum atomic E-state index is 13.3. The molecule has 0 aromatic carbocycles. The highest BCUT2D eigenvalue weighted by atomic mass is 32.3. The first-order valence-electron chi connectivity index (χ1n) is 4.22. The van der Waals surface area contributed by atoms with Crippen LogP contribution in [0.4, 0.5) is 30.2 Å². The van der Waals surface area contributed by atoms with Crippen LogP contribution in [0.15, 0.2) is 12.8 Å². The van der Waals surface area contributed by atoms with Gasteiger partial charge in [-0.25, -0.2) is 0 Å². The highest BCUT2D eigenvalue weighted by Crippen LogP contribution is 2.47. The third-order valence-corrected chi connectivity index (χ3v) is 2.58. The van der Waals surface area contributed by atoms with Crippen LogP contribution in [-0.2, 0) is 19.7 Å². The van der Waals surface area contributed by atoms with Crippen LogP contribution < -0.4 is 0 Å². The van der Waals surface area contributed by atoms with Gasteiger partial charge in [0.05, 0.1) is 6.26 Å². The Hall–Kier alpha value is -1.04. The zero-order valence-electron chi connectivity index (χ0n) is 9.05. The van der Waals surface area contributed by atoms with Crippen LogP contribution >= 0.6 is 0 Å². The van der Waals surface area contributed by atoms with Gasteiger partial charge in [-0.3, -0.25) is 0 Å². The van der Waals surface area contributed by atoms with Crippen LogP contribution in [0.3, 0.4) is 0 Å². The van der Waals surface area contributed by atoms with Gasteiger partial charge in [-0.15, -0.1) is 3.89 Å². The molecule has 0 amide bonds. The SMILES string of the molecule is C=COC(F)(F)C(F)(OC(C)S(=O)(=O)F)C(F)(F)F. The summed E-state index contributed by atoms with van der Waals surface area (Å²) in [4.78, 5) is 0. The third-order valence-electron chi connectivity index (χ3n) is 1.70. The number of hydrogen-bond acceptors (Lipinski definition) is 4. The van der Waals surface area contributed by atoms with Gasteiger partial charge in [0.1, 0.15) is 0 Å². The number of hydrogen-bond donors (Lipinski definition) is 0. The Balaban J connectivity index is 5.64. The minimum atomic E-state index is -6.40. The average molecular weight is 320 g/mol. The first-order chi connectivity index (χ1) is 8.19. The number of alkyl halides is 6. The molecule has 0 radical (unpaired) electrons. The molecule has 0 bridgehead atoms. The van der Waals surface area contributed by atoms with Crippen molar-refractivity contribution in [3.05, 3.63) is 12.8 Å². The van der Waals surface area contributed by atoms with Crippen LogP contribution in [0.1, 0.15) is 6.92 Å². The number of halogens is 7. The van der Waals surface area contributed by atoms with E-state index < -0.39 is 33.8 Å². The largest absolute Gasteiger partial charge is 0.468 e. The van der Waals surface area contributed by atoms with Crippen LogP contribution in [-0.4, -0.2) is 32.0 Å². The van der Waals surface area contributed by atoms with Gasteiger partial charge in [0.25, 0.3) is 0 Å². The third kappa shape index (κ3) is 3.72. The molecule has 0 fully saturated rings. The molecule has 0 heterocycles. The van der Waals surface area contributed by atoms with Gasteiger partial charge in [0.2, 0.25) is 0 Å². The quantitative estimate of drug-likeness (QED) is 0.429. The monoisotopic (exact) mass is 320 g/mol. The Morgan fingerprint density at radius 3 is 1.84 bits per heavy atom. The molecule has 4 nitrogen and oxygen atoms in total. The summed E-state index contributed by atoms with van der Waals surface area (Å²) in [6.45, 7) is 2.58. The summed E-state index contributed by atoms with van der Waals surface area (Å²) in [7, 11) is -5.85. The molecule has 2 atom stereocenters. The Morgan fingerprint density at radius 2 is 1.58 bits per heavy atom. The fraction of sp³-hybridized carbons (Fsp3) is 0.714. The molecule has 0 spiro atoms. The summed E-state index contributed by atoms with van der Waals surface area (Å²) in [6, 6.07) is 0. The summed E-state index contributed by atoms with van der Waals surface area (Å²) in [5.74, 6) is -5.88. The molecule has 0 N–H and O–H groups in total. The van der Waals surface area contributed by atoms with Crippen molar-refractivity contribution >= 4 is 10.2 Å². The number of rotatable bonds is 6. The Bertz CT molecular complexity index is 431. The topological polar surface area (TPSA) is 52.6 Å². The average Bonchev–Trinajstić information content (AvgIpc) is 2.13. The normalized spacial score (nSPS) is 18.5. The van der Waals surface area contributed by atoms with Crippen LogP contribution in [0.2, 0.25) is 0 Å². The van der Waals surface area contributed by atoms with E-state index in [9.17, 15) is 38.6 Å². The molecule has 0 aromatic heterocycles. The van der Waals surface area contributed by atoms with E-state index in [0.29, 0.717) is 0 Å². The second-order valence-corrected chi connectivity index (χ2v) is 4.67. The second kappa shape index (κ2) is 5.15. The molecule has 12 heteroatoms. The molecule has 0 saturated carbocycles. The van der Waals surface area contributed by atoms with Crippen molar-refractivity contribution in [1.29, 1.82) is 0 Å². The van der Waals surface area contributed by atoms with E-state index in [4.69, 9.17) is 0 Å². The van der Waals surface area contributed by atoms with E-state index in [1.807, 2.05) is 0 Å². The first-order valence-corrected chi connectivity index (χ1v) is 5.67. The summed E-state index contributed by atoms with van der Waals surface area (Å²) in [5.41, 5.74) is -3.14. The van der Waals surface area contributed by atoms with Crippen molar-refractivity contribution in [2.45, 2.75) is 30.5 Å². The molecule has 0 aliphatic rings. The fourth-order valence-corrected chi connectivity index (χ4v) is 1.01. The molecule has 114 valence electrons. The van der Waals surface area contributed by atoms with E-state index >= 15 is 0 Å². The fourth-order valence-electron chi connectivity index (χ4n) is 0.767. The van der Waals surface area contributed by atoms with Gasteiger partial charge < -0.3 is 9.47 Å². The zero-order chi connectivity index (χ0) is 15.7. The lowest BCUT2D eigenvalue weighted by Crippen LogP contribution is -2.59. The standard InChI is InChI=1S/C7H7F7O4S/c1-3-17-7(12,13)5(8,6(9,10)11)18-4(2)19(14,15)16/h3-4H,1H2,2H3. The summed E-state index contributed by atoms with van der Waals surface area (Å²) in [6.07, 6.45) is -12.3. The predicted octanol–water partition coefficient (Wildman–Crippen LogP) is 2.63. The molecule has 0 aliphatic carbocycles. The Morgan fingerprint density at radius 1 is 1.16 bits per heavy atom. The van der Waals surface area contributed by atoms with E-state index in [1.165, 1.54) is 0 Å². The van der Waals surface area contributed by atoms with Crippen molar-refractivity contribution in [1.82, 2.24) is 0 Å². The van der Waals surface area contributed by atoms with Crippen molar-refractivity contribution in [3.63, 3.8) is 0 Å². The van der Waals surface area contributed by atoms with Gasteiger partial charge in [-0.05, 0) is 6.92 Å². The molecule has 0 rings (SSSR count). The molecule has 19 heavy (non-hydrogen) atoms. The first kappa shape index (κ1) is 18.0. The molecular formula is C7H7F7O4S. The molecule has 0 aliphatic heterocycles. The highest BCUT2D eigenvalue weighted by molar-refractivity contribution is 7.86. The molecule has 2 unspecified atom stereocenters. The maximum Gasteiger partial charge on any atom is 0.468 e. The zero-order valence-corrected chi connectivity index (χ0v) is 9.87. The Labute approximate surface area is 103 Å². The van der Waals surface area contributed by atoms with Crippen LogP contribution in [0, 0.1) is 0 Å². The van der Waals surface area contributed by atoms with Crippen LogP contribution in [0.5, 0.6) is 0 Å². The van der Waals surface area contributed by atoms with E-state index in [0.717, 1.165) is 0 Å². The van der Waals surface area contributed by atoms with Crippen molar-refractivity contribution in [2.75, 3.05) is 0 Å². The highest BCUT2D eigenvalue weighted by Gasteiger charge is 2.76. The minimum Gasteiger partial charge on any atom is -0.437 e. The smallest absolute Gasteiger partial charge is 0.437 e. The van der Waals surface area contributed by atoms with Crippen molar-refractivity contribution < 1.29 is 48.1 Å². The van der Waals surface area contributed by atoms with Gasteiger partial charge in [-0.2, -0.15) is 34.8 Å². The predicted molar refractivity (Wildman–Crippen MR) is 46.7 cm³/mol. The summed E-state index contributed by atoms with van der Waals surface area (Å²) >= 11 is 0. The summed E-state index contributed by atoms with van der Waals surface area (Å²) in [5, 5.41) is 0. The lowest BCUT2D eigenvalue weighted by atomic mass is 10.2. The lowest BCUT2D eigenvalue weighted by Gasteiger charge is -2.33. The maximum absolute atomic E-state index is 13.3. The molecule has 0 aromatic rings. The lowest BCUT2D eigenvalue weighted by molar-refractivity contribution is -0.451. The second-order valence-electron chi connectivity index (χ2n) is 3.06. The summed E-state index contributed by atoms with van der Waals surface area (Å²) < 4.78 is 115. The van der Waals surface area contributed by atoms with Gasteiger partial charge in [0.15, 0.2) is 5.44 Å². The number of ether oxygens (including phenoxy) is 2. The van der Waals surface area contributed by atoms with Gasteiger partial charge in [0, 0.05) is 0 Å². The van der Waals surface area contributed by atoms with Gasteiger partial charge >= 0.3 is 28.4 Å². The molecule has 0 saturated heterocycles. The minimum absolute atomic E-state index is 0.0966. The molecular weight excluding hydrogens is 313 g/mol. The Kier molecular flexibility index (Phi) is 4.87. The van der Waals surface area contributed by atoms with Crippen LogP contribution in [0.25, 0.3) is 0 Å². The van der Waals surface area contributed by atoms with Crippen molar-refractivity contribution in [3.8, 4) is 0 Å². The van der Waals surface area contributed by atoms with E-state index in [-0.39, 0.29) is 13.2 Å². The van der Waals surface area contributed by atoms with E-state index in [1.54, 1.807) is 0 Å². The van der Waals surface area contributed by atoms with Crippen molar-refractivity contribution in [2.24, 2.45) is 0 Å². The van der Waals surface area contributed by atoms with Gasteiger partial charge in [-0.1, -0.05) is 6.58 Å². The van der Waals surface area contributed by atoms with E-state index in [2.05, 4.69) is 16.1 Å².